The van der Waals surface area contributed by atoms with Crippen molar-refractivity contribution in [3.8, 4) is 0 Å². The summed E-state index contributed by atoms with van der Waals surface area (Å²) in [4.78, 5) is 13.9. The van der Waals surface area contributed by atoms with E-state index in [2.05, 4.69) is 15.9 Å². The molecular formula is C15H17BrN2O2. The lowest BCUT2D eigenvalue weighted by Crippen LogP contribution is -2.37. The number of likely N-dealkylation sites (N-methyl/N-ethyl adjacent to an activating group) is 1. The molecule has 20 heavy (non-hydrogen) atoms. The van der Waals surface area contributed by atoms with E-state index >= 15 is 0 Å². The Balaban J connectivity index is 2.25. The van der Waals surface area contributed by atoms with Crippen molar-refractivity contribution >= 4 is 21.8 Å². The van der Waals surface area contributed by atoms with Gasteiger partial charge in [0.2, 0.25) is 5.91 Å². The summed E-state index contributed by atoms with van der Waals surface area (Å²) in [7, 11) is 0. The highest BCUT2D eigenvalue weighted by Gasteiger charge is 2.24. The van der Waals surface area contributed by atoms with E-state index in [1.807, 2.05) is 42.2 Å². The number of nitrogens with zero attached hydrogens (tertiary/aromatic N) is 1. The van der Waals surface area contributed by atoms with Crippen LogP contribution in [-0.2, 0) is 11.3 Å². The molecule has 0 spiro atoms. The number of furan rings is 1. The Morgan fingerprint density at radius 1 is 1.35 bits per heavy atom. The molecule has 1 heterocycles. The van der Waals surface area contributed by atoms with Crippen molar-refractivity contribution in [2.24, 2.45) is 5.73 Å². The predicted molar refractivity (Wildman–Crippen MR) is 80.9 cm³/mol. The van der Waals surface area contributed by atoms with Crippen LogP contribution >= 0.6 is 15.9 Å². The molecule has 1 aromatic heterocycles. The van der Waals surface area contributed by atoms with Gasteiger partial charge in [0.05, 0.1) is 12.5 Å². The van der Waals surface area contributed by atoms with Gasteiger partial charge < -0.3 is 10.2 Å². The molecule has 1 amide bonds. The Morgan fingerprint density at radius 3 is 2.55 bits per heavy atom. The van der Waals surface area contributed by atoms with Crippen molar-refractivity contribution in [2.45, 2.75) is 19.5 Å². The summed E-state index contributed by atoms with van der Waals surface area (Å²) >= 11 is 3.39. The topological polar surface area (TPSA) is 59.5 Å². The molecule has 106 valence electrons. The van der Waals surface area contributed by atoms with E-state index < -0.39 is 6.04 Å². The zero-order valence-electron chi connectivity index (χ0n) is 11.3. The largest absolute Gasteiger partial charge is 0.472 e. The standard InChI is InChI=1S/C15H17BrN2O2/c1-2-18(9-11-7-8-20-10-11)14(15(17)19)12-3-5-13(16)6-4-12/h3-8,10,14H,2,9H2,1H3,(H2,17,19). The fourth-order valence-electron chi connectivity index (χ4n) is 2.20. The fraction of sp³-hybridized carbons (Fsp3) is 0.267. The third kappa shape index (κ3) is 3.49. The summed E-state index contributed by atoms with van der Waals surface area (Å²) in [6.07, 6.45) is 3.31. The monoisotopic (exact) mass is 336 g/mol. The van der Waals surface area contributed by atoms with Crippen LogP contribution < -0.4 is 5.73 Å². The lowest BCUT2D eigenvalue weighted by Gasteiger charge is -2.28. The van der Waals surface area contributed by atoms with Gasteiger partial charge in [-0.15, -0.1) is 0 Å². The number of primary amides is 1. The Bertz CT molecular complexity index is 552. The number of hydrogen-bond acceptors (Lipinski definition) is 3. The average molecular weight is 337 g/mol. The highest BCUT2D eigenvalue weighted by molar-refractivity contribution is 9.10. The maximum Gasteiger partial charge on any atom is 0.239 e. The number of carbonyl (C=O) groups excluding carboxylic acids is 1. The molecule has 0 saturated heterocycles. The van der Waals surface area contributed by atoms with Crippen molar-refractivity contribution in [1.82, 2.24) is 4.90 Å². The van der Waals surface area contributed by atoms with Gasteiger partial charge in [0.25, 0.3) is 0 Å². The second kappa shape index (κ2) is 6.72. The minimum atomic E-state index is -0.442. The summed E-state index contributed by atoms with van der Waals surface area (Å²) in [5.74, 6) is -0.349. The molecule has 5 heteroatoms. The summed E-state index contributed by atoms with van der Waals surface area (Å²) < 4.78 is 6.05. The van der Waals surface area contributed by atoms with Crippen molar-refractivity contribution in [3.05, 3.63) is 58.5 Å². The number of carbonyl (C=O) groups is 1. The zero-order valence-corrected chi connectivity index (χ0v) is 12.8. The van der Waals surface area contributed by atoms with E-state index in [9.17, 15) is 4.79 Å². The number of benzene rings is 1. The van der Waals surface area contributed by atoms with E-state index in [1.165, 1.54) is 0 Å². The minimum absolute atomic E-state index is 0.349. The first-order valence-corrected chi connectivity index (χ1v) is 7.21. The Hall–Kier alpha value is -1.59. The summed E-state index contributed by atoms with van der Waals surface area (Å²) in [6, 6.07) is 9.11. The quantitative estimate of drug-likeness (QED) is 0.881. The second-order valence-corrected chi connectivity index (χ2v) is 5.47. The lowest BCUT2D eigenvalue weighted by molar-refractivity contribution is -0.123. The lowest BCUT2D eigenvalue weighted by atomic mass is 10.0. The molecule has 0 aliphatic heterocycles. The van der Waals surface area contributed by atoms with Gasteiger partial charge in [-0.1, -0.05) is 35.0 Å². The van der Waals surface area contributed by atoms with E-state index in [0.717, 1.165) is 22.1 Å². The molecule has 2 rings (SSSR count). The van der Waals surface area contributed by atoms with Crippen LogP contribution in [-0.4, -0.2) is 17.4 Å². The van der Waals surface area contributed by atoms with Gasteiger partial charge in [0, 0.05) is 16.6 Å². The number of nitrogens with two attached hydrogens (primary N) is 1. The Morgan fingerprint density at radius 2 is 2.05 bits per heavy atom. The molecular weight excluding hydrogens is 320 g/mol. The minimum Gasteiger partial charge on any atom is -0.472 e. The Kier molecular flexibility index (Phi) is 4.98. The van der Waals surface area contributed by atoms with Gasteiger partial charge in [0.1, 0.15) is 6.04 Å². The van der Waals surface area contributed by atoms with Gasteiger partial charge in [-0.25, -0.2) is 0 Å². The van der Waals surface area contributed by atoms with Gasteiger partial charge in [-0.3, -0.25) is 9.69 Å². The molecule has 1 unspecified atom stereocenters. The number of hydrogen-bond donors (Lipinski definition) is 1. The fourth-order valence-corrected chi connectivity index (χ4v) is 2.47. The van der Waals surface area contributed by atoms with Crippen LogP contribution in [0.15, 0.2) is 51.7 Å². The van der Waals surface area contributed by atoms with Crippen molar-refractivity contribution in [1.29, 1.82) is 0 Å². The third-order valence-corrected chi connectivity index (χ3v) is 3.72. The molecule has 0 aliphatic rings. The van der Waals surface area contributed by atoms with Gasteiger partial charge in [-0.05, 0) is 30.3 Å². The van der Waals surface area contributed by atoms with Crippen LogP contribution in [0.5, 0.6) is 0 Å². The molecule has 0 bridgehead atoms. The van der Waals surface area contributed by atoms with E-state index in [1.54, 1.807) is 12.5 Å². The van der Waals surface area contributed by atoms with Crippen LogP contribution in [0.25, 0.3) is 0 Å². The van der Waals surface area contributed by atoms with Crippen LogP contribution in [0, 0.1) is 0 Å². The molecule has 2 N–H and O–H groups in total. The van der Waals surface area contributed by atoms with Gasteiger partial charge in [0.15, 0.2) is 0 Å². The molecule has 2 aromatic rings. The smallest absolute Gasteiger partial charge is 0.239 e. The first-order chi connectivity index (χ1) is 9.61. The molecule has 1 atom stereocenters. The highest BCUT2D eigenvalue weighted by Crippen LogP contribution is 2.24. The van der Waals surface area contributed by atoms with Crippen molar-refractivity contribution in [3.63, 3.8) is 0 Å². The van der Waals surface area contributed by atoms with E-state index in [0.29, 0.717) is 6.54 Å². The third-order valence-electron chi connectivity index (χ3n) is 3.19. The molecule has 0 fully saturated rings. The molecule has 1 aromatic carbocycles. The SMILES string of the molecule is CCN(Cc1ccoc1)C(C(N)=O)c1ccc(Br)cc1. The van der Waals surface area contributed by atoms with Crippen LogP contribution in [0.3, 0.4) is 0 Å². The van der Waals surface area contributed by atoms with Crippen LogP contribution in [0.2, 0.25) is 0 Å². The van der Waals surface area contributed by atoms with Crippen molar-refractivity contribution in [2.75, 3.05) is 6.54 Å². The normalized spacial score (nSPS) is 12.6. The van der Waals surface area contributed by atoms with E-state index in [4.69, 9.17) is 10.2 Å². The Labute approximate surface area is 126 Å². The van der Waals surface area contributed by atoms with Crippen LogP contribution in [0.1, 0.15) is 24.1 Å². The van der Waals surface area contributed by atoms with Crippen molar-refractivity contribution < 1.29 is 9.21 Å². The first-order valence-electron chi connectivity index (χ1n) is 6.41. The predicted octanol–water partition coefficient (Wildman–Crippen LogP) is 3.09. The van der Waals surface area contributed by atoms with Gasteiger partial charge in [-0.2, -0.15) is 0 Å². The highest BCUT2D eigenvalue weighted by atomic mass is 79.9. The summed E-state index contributed by atoms with van der Waals surface area (Å²) in [5.41, 5.74) is 7.51. The molecule has 0 radical (unpaired) electrons. The summed E-state index contributed by atoms with van der Waals surface area (Å²) in [5, 5.41) is 0. The number of amides is 1. The summed E-state index contributed by atoms with van der Waals surface area (Å²) in [6.45, 7) is 3.35. The number of rotatable bonds is 6. The maximum absolute atomic E-state index is 11.9. The van der Waals surface area contributed by atoms with Crippen LogP contribution in [0.4, 0.5) is 0 Å². The molecule has 0 aliphatic carbocycles. The zero-order chi connectivity index (χ0) is 14.5. The maximum atomic E-state index is 11.9. The first kappa shape index (κ1) is 14.8. The van der Waals surface area contributed by atoms with Gasteiger partial charge >= 0.3 is 0 Å². The number of halogens is 1. The molecule has 0 saturated carbocycles. The second-order valence-electron chi connectivity index (χ2n) is 4.55. The molecule has 4 nitrogen and oxygen atoms in total. The van der Waals surface area contributed by atoms with E-state index in [-0.39, 0.29) is 5.91 Å². The average Bonchev–Trinajstić information content (AvgIpc) is 2.92.